The molecule has 1 aliphatic carbocycles. The number of fused-ring (bicyclic) bond motifs is 3. The zero-order valence-corrected chi connectivity index (χ0v) is 21.8. The predicted molar refractivity (Wildman–Crippen MR) is 151 cm³/mol. The van der Waals surface area contributed by atoms with Crippen LogP contribution in [0, 0.1) is 0 Å². The quantitative estimate of drug-likeness (QED) is 0.245. The monoisotopic (exact) mass is 536 g/mol. The number of hydrogen-bond acceptors (Lipinski definition) is 11. The van der Waals surface area contributed by atoms with E-state index in [0.29, 0.717) is 55.3 Å². The van der Waals surface area contributed by atoms with Crippen LogP contribution in [0.3, 0.4) is 0 Å². The van der Waals surface area contributed by atoms with Crippen molar-refractivity contribution in [3.05, 3.63) is 53.6 Å². The smallest absolute Gasteiger partial charge is 0.233 e. The number of benzene rings is 2. The second-order valence-corrected chi connectivity index (χ2v) is 10.2. The SMILES string of the molecule is Cl.NC[C@H]1C[C@@H](N)CN1c1nc(Nc2ccc3c(c2)C(=O)c2ccccc2-3)nc(N2C[C@H](N)C[C@H](N)C2)n1. The van der Waals surface area contributed by atoms with Gasteiger partial charge in [-0.1, -0.05) is 30.3 Å². The number of nitrogens with zero attached hydrogens (tertiary/aromatic N) is 5. The molecule has 0 spiro atoms. The van der Waals surface area contributed by atoms with Gasteiger partial charge in [-0.15, -0.1) is 12.4 Å². The lowest BCUT2D eigenvalue weighted by atomic mass is 10.0. The van der Waals surface area contributed by atoms with Crippen molar-refractivity contribution in [1.29, 1.82) is 0 Å². The Balaban J connectivity index is 0.00000294. The second-order valence-electron chi connectivity index (χ2n) is 10.2. The number of ketones is 1. The molecule has 0 amide bonds. The molecule has 6 rings (SSSR count). The van der Waals surface area contributed by atoms with Gasteiger partial charge in [0.1, 0.15) is 0 Å². The molecule has 0 bridgehead atoms. The van der Waals surface area contributed by atoms with Gasteiger partial charge in [-0.05, 0) is 36.1 Å². The summed E-state index contributed by atoms with van der Waals surface area (Å²) in [7, 11) is 0. The molecule has 0 unspecified atom stereocenters. The van der Waals surface area contributed by atoms with Crippen LogP contribution in [-0.2, 0) is 0 Å². The fourth-order valence-electron chi connectivity index (χ4n) is 5.68. The lowest BCUT2D eigenvalue weighted by molar-refractivity contribution is 0.104. The summed E-state index contributed by atoms with van der Waals surface area (Å²) in [6.45, 7) is 2.25. The first-order valence-electron chi connectivity index (χ1n) is 12.7. The van der Waals surface area contributed by atoms with E-state index in [-0.39, 0.29) is 42.4 Å². The van der Waals surface area contributed by atoms with Crippen LogP contribution in [0.15, 0.2) is 42.5 Å². The maximum atomic E-state index is 13.0. The molecule has 38 heavy (non-hydrogen) atoms. The predicted octanol–water partition coefficient (Wildman–Crippen LogP) is 0.978. The van der Waals surface area contributed by atoms with Crippen LogP contribution >= 0.6 is 12.4 Å². The molecule has 2 aliphatic heterocycles. The van der Waals surface area contributed by atoms with Gasteiger partial charge in [0.05, 0.1) is 0 Å². The minimum absolute atomic E-state index is 0. The van der Waals surface area contributed by atoms with E-state index in [0.717, 1.165) is 29.5 Å². The summed E-state index contributed by atoms with van der Waals surface area (Å²) in [4.78, 5) is 31.3. The highest BCUT2D eigenvalue weighted by Gasteiger charge is 2.33. The average Bonchev–Trinajstić information content (AvgIpc) is 3.40. The van der Waals surface area contributed by atoms with E-state index in [1.807, 2.05) is 52.3 Å². The zero-order chi connectivity index (χ0) is 25.7. The van der Waals surface area contributed by atoms with E-state index >= 15 is 0 Å². The number of aromatic nitrogens is 3. The molecule has 200 valence electrons. The first-order valence-corrected chi connectivity index (χ1v) is 12.7. The van der Waals surface area contributed by atoms with Crippen molar-refractivity contribution in [2.75, 3.05) is 41.3 Å². The topological polar surface area (TPSA) is 178 Å². The highest BCUT2D eigenvalue weighted by atomic mass is 35.5. The van der Waals surface area contributed by atoms with Gasteiger partial charge in [0.15, 0.2) is 5.78 Å². The average molecular weight is 537 g/mol. The van der Waals surface area contributed by atoms with Crippen LogP contribution in [0.5, 0.6) is 0 Å². The van der Waals surface area contributed by atoms with Gasteiger partial charge in [-0.25, -0.2) is 0 Å². The van der Waals surface area contributed by atoms with Crippen LogP contribution < -0.4 is 38.1 Å². The van der Waals surface area contributed by atoms with Gasteiger partial charge in [-0.2, -0.15) is 15.0 Å². The van der Waals surface area contributed by atoms with Crippen molar-refractivity contribution in [2.45, 2.75) is 37.0 Å². The number of hydrogen-bond donors (Lipinski definition) is 5. The lowest BCUT2D eigenvalue weighted by Crippen LogP contribution is -2.53. The Morgan fingerprint density at radius 2 is 1.47 bits per heavy atom. The van der Waals surface area contributed by atoms with Gasteiger partial charge in [0.2, 0.25) is 17.8 Å². The van der Waals surface area contributed by atoms with Gasteiger partial charge in [-0.3, -0.25) is 4.79 Å². The normalized spacial score (nSPS) is 24.2. The van der Waals surface area contributed by atoms with Crippen LogP contribution in [0.2, 0.25) is 0 Å². The van der Waals surface area contributed by atoms with Crippen molar-refractivity contribution >= 4 is 41.7 Å². The number of piperidine rings is 1. The number of halogens is 1. The molecule has 2 fully saturated rings. The Hall–Kier alpha value is -3.35. The van der Waals surface area contributed by atoms with E-state index in [1.54, 1.807) is 0 Å². The van der Waals surface area contributed by atoms with E-state index in [1.165, 1.54) is 0 Å². The number of rotatable bonds is 5. The Morgan fingerprint density at radius 3 is 2.21 bits per heavy atom. The summed E-state index contributed by atoms with van der Waals surface area (Å²) in [5.41, 5.74) is 28.8. The molecule has 11 nitrogen and oxygen atoms in total. The highest BCUT2D eigenvalue weighted by molar-refractivity contribution is 6.22. The molecule has 0 radical (unpaired) electrons. The van der Waals surface area contributed by atoms with Crippen molar-refractivity contribution in [2.24, 2.45) is 22.9 Å². The van der Waals surface area contributed by atoms with E-state index in [9.17, 15) is 4.79 Å². The third kappa shape index (κ3) is 4.79. The van der Waals surface area contributed by atoms with E-state index < -0.39 is 0 Å². The van der Waals surface area contributed by atoms with Crippen LogP contribution in [0.4, 0.5) is 23.5 Å². The first kappa shape index (κ1) is 26.3. The molecular formula is C26H33ClN10O. The summed E-state index contributed by atoms with van der Waals surface area (Å²) >= 11 is 0. The van der Waals surface area contributed by atoms with Gasteiger partial charge >= 0.3 is 0 Å². The number of nitrogens with two attached hydrogens (primary N) is 4. The van der Waals surface area contributed by atoms with Crippen LogP contribution in [0.25, 0.3) is 11.1 Å². The minimum atomic E-state index is -0.0678. The number of carbonyl (C=O) groups excluding carboxylic acids is 1. The van der Waals surface area contributed by atoms with Crippen molar-refractivity contribution in [3.63, 3.8) is 0 Å². The van der Waals surface area contributed by atoms with Crippen LogP contribution in [-0.4, -0.2) is 71.1 Å². The second kappa shape index (κ2) is 10.4. The van der Waals surface area contributed by atoms with Crippen molar-refractivity contribution in [3.8, 4) is 11.1 Å². The maximum Gasteiger partial charge on any atom is 0.233 e. The summed E-state index contributed by atoms with van der Waals surface area (Å²) in [6, 6.07) is 13.3. The number of nitrogens with one attached hydrogen (secondary N) is 1. The molecular weight excluding hydrogens is 504 g/mol. The first-order chi connectivity index (χ1) is 17.9. The third-order valence-corrected chi connectivity index (χ3v) is 7.37. The summed E-state index contributed by atoms with van der Waals surface area (Å²) < 4.78 is 0. The minimum Gasteiger partial charge on any atom is -0.338 e. The number of carbonyl (C=O) groups is 1. The summed E-state index contributed by atoms with van der Waals surface area (Å²) in [5.74, 6) is 1.39. The Kier molecular flexibility index (Phi) is 7.21. The Morgan fingerprint density at radius 1 is 0.816 bits per heavy atom. The molecule has 0 saturated carbocycles. The van der Waals surface area contributed by atoms with Gasteiger partial charge in [0.25, 0.3) is 0 Å². The molecule has 4 atom stereocenters. The Bertz CT molecular complexity index is 1340. The van der Waals surface area contributed by atoms with Crippen LogP contribution in [0.1, 0.15) is 28.8 Å². The van der Waals surface area contributed by atoms with Gasteiger partial charge in [0, 0.05) is 67.2 Å². The highest BCUT2D eigenvalue weighted by Crippen LogP contribution is 2.38. The fraction of sp³-hybridized carbons (Fsp3) is 0.385. The number of anilines is 4. The molecule has 2 aromatic carbocycles. The molecule has 9 N–H and O–H groups in total. The maximum absolute atomic E-state index is 13.0. The third-order valence-electron chi connectivity index (χ3n) is 7.37. The van der Waals surface area contributed by atoms with Gasteiger partial charge < -0.3 is 38.1 Å². The molecule has 3 aromatic rings. The zero-order valence-electron chi connectivity index (χ0n) is 21.0. The molecule has 2 saturated heterocycles. The Labute approximate surface area is 227 Å². The summed E-state index contributed by atoms with van der Waals surface area (Å²) in [5, 5.41) is 3.30. The van der Waals surface area contributed by atoms with Crippen molar-refractivity contribution in [1.82, 2.24) is 15.0 Å². The van der Waals surface area contributed by atoms with E-state index in [2.05, 4.69) is 5.32 Å². The molecule has 12 heteroatoms. The largest absolute Gasteiger partial charge is 0.338 e. The molecule has 3 aliphatic rings. The van der Waals surface area contributed by atoms with E-state index in [4.69, 9.17) is 37.9 Å². The molecule has 3 heterocycles. The van der Waals surface area contributed by atoms with Crippen molar-refractivity contribution < 1.29 is 4.79 Å². The summed E-state index contributed by atoms with van der Waals surface area (Å²) in [6.07, 6.45) is 1.52. The lowest BCUT2D eigenvalue weighted by Gasteiger charge is -2.35. The standard InChI is InChI=1S/C26H32N10O.ClH/c27-10-18-8-16(30)13-36(18)26-33-24(32-25(34-26)35-11-14(28)7-15(29)12-35)31-17-5-6-20-19-3-1-2-4-21(19)23(37)22(20)9-17;/h1-6,9,14-16,18H,7-8,10-13,27-30H2,(H,31,32,33,34);1H/t14-,15+,16-,18-;/m1./s1. The fourth-order valence-corrected chi connectivity index (χ4v) is 5.68. The molecule has 1 aromatic heterocycles.